The Hall–Kier alpha value is -1.31. The molecule has 30 heavy (non-hydrogen) atoms. The highest BCUT2D eigenvalue weighted by Crippen LogP contribution is 2.40. The third-order valence-electron chi connectivity index (χ3n) is 5.44. The number of hydrogen-bond donors (Lipinski definition) is 2. The van der Waals surface area contributed by atoms with Crippen LogP contribution in [-0.4, -0.2) is 36.1 Å². The molecule has 0 unspecified atom stereocenters. The first kappa shape index (κ1) is 21.9. The zero-order valence-corrected chi connectivity index (χ0v) is 20.0. The molecular formula is C21H24Cl3N5S. The van der Waals surface area contributed by atoms with Gasteiger partial charge in [0.05, 0.1) is 15.6 Å². The largest absolute Gasteiger partial charge is 0.362 e. The van der Waals surface area contributed by atoms with Crippen molar-refractivity contribution in [2.75, 3.05) is 24.3 Å². The van der Waals surface area contributed by atoms with Gasteiger partial charge in [0.25, 0.3) is 0 Å². The lowest BCUT2D eigenvalue weighted by molar-refractivity contribution is 0.353. The molecule has 2 aromatic heterocycles. The molecule has 2 heterocycles. The zero-order valence-electron chi connectivity index (χ0n) is 16.9. The van der Waals surface area contributed by atoms with Gasteiger partial charge in [0.15, 0.2) is 0 Å². The Morgan fingerprint density at radius 2 is 1.70 bits per heavy atom. The number of thiophene rings is 1. The molecular weight excluding hydrogens is 461 g/mol. The monoisotopic (exact) mass is 483 g/mol. The van der Waals surface area contributed by atoms with E-state index in [1.54, 1.807) is 0 Å². The minimum atomic E-state index is 0.369. The van der Waals surface area contributed by atoms with Crippen LogP contribution in [0.5, 0.6) is 0 Å². The van der Waals surface area contributed by atoms with Crippen LogP contribution >= 0.6 is 46.1 Å². The highest BCUT2D eigenvalue weighted by atomic mass is 35.5. The van der Waals surface area contributed by atoms with Crippen molar-refractivity contribution in [1.82, 2.24) is 15.3 Å². The van der Waals surface area contributed by atoms with Crippen LogP contribution in [0.4, 0.5) is 11.8 Å². The van der Waals surface area contributed by atoms with Gasteiger partial charge in [-0.05, 0) is 37.8 Å². The van der Waals surface area contributed by atoms with Gasteiger partial charge in [-0.3, -0.25) is 0 Å². The number of nitrogens with one attached hydrogen (secondary N) is 2. The van der Waals surface area contributed by atoms with Crippen molar-refractivity contribution >= 4 is 68.8 Å². The summed E-state index contributed by atoms with van der Waals surface area (Å²) in [6.07, 6.45) is 4.28. The van der Waals surface area contributed by atoms with Gasteiger partial charge >= 0.3 is 0 Å². The number of fused-ring (bicyclic) bond motifs is 1. The van der Waals surface area contributed by atoms with E-state index < -0.39 is 0 Å². The Morgan fingerprint density at radius 1 is 1.00 bits per heavy atom. The molecule has 0 aliphatic heterocycles. The van der Waals surface area contributed by atoms with E-state index in [0.29, 0.717) is 39.0 Å². The van der Waals surface area contributed by atoms with Crippen LogP contribution in [0.15, 0.2) is 24.3 Å². The number of para-hydroxylation sites is 1. The van der Waals surface area contributed by atoms with Crippen molar-refractivity contribution < 1.29 is 0 Å². The summed E-state index contributed by atoms with van der Waals surface area (Å²) in [5.74, 6) is 1.63. The summed E-state index contributed by atoms with van der Waals surface area (Å²) in [7, 11) is 4.02. The second kappa shape index (κ2) is 9.45. The predicted octanol–water partition coefficient (Wildman–Crippen LogP) is 6.23. The third-order valence-corrected chi connectivity index (χ3v) is 8.05. The number of benzene rings is 1. The first-order valence-electron chi connectivity index (χ1n) is 9.98. The van der Waals surface area contributed by atoms with Crippen LogP contribution in [-0.2, 0) is 6.54 Å². The van der Waals surface area contributed by atoms with Gasteiger partial charge in [-0.15, -0.1) is 11.3 Å². The first-order valence-corrected chi connectivity index (χ1v) is 11.9. The normalized spacial score (nSPS) is 19.2. The minimum absolute atomic E-state index is 0.369. The number of aromatic nitrogens is 2. The Bertz CT molecular complexity index is 1030. The summed E-state index contributed by atoms with van der Waals surface area (Å²) in [5, 5.41) is 9.24. The Balaban J connectivity index is 1.35. The second-order valence-electron chi connectivity index (χ2n) is 7.78. The third kappa shape index (κ3) is 4.78. The lowest BCUT2D eigenvalue weighted by Crippen LogP contribution is -2.36. The number of nitrogens with zero attached hydrogens (tertiary/aromatic N) is 3. The van der Waals surface area contributed by atoms with Crippen LogP contribution in [0.25, 0.3) is 10.9 Å². The molecule has 5 nitrogen and oxygen atoms in total. The average molecular weight is 485 g/mol. The van der Waals surface area contributed by atoms with E-state index in [4.69, 9.17) is 44.8 Å². The van der Waals surface area contributed by atoms with E-state index in [1.165, 1.54) is 11.3 Å². The molecule has 1 aliphatic carbocycles. The molecule has 0 radical (unpaired) electrons. The van der Waals surface area contributed by atoms with Gasteiger partial charge < -0.3 is 15.5 Å². The molecule has 9 heteroatoms. The molecule has 0 amide bonds. The smallest absolute Gasteiger partial charge is 0.225 e. The quantitative estimate of drug-likeness (QED) is 0.434. The molecule has 0 atom stereocenters. The van der Waals surface area contributed by atoms with Gasteiger partial charge in [-0.2, -0.15) is 4.98 Å². The minimum Gasteiger partial charge on any atom is -0.362 e. The molecule has 3 aromatic rings. The van der Waals surface area contributed by atoms with Crippen LogP contribution in [0.2, 0.25) is 14.4 Å². The molecule has 1 saturated carbocycles. The van der Waals surface area contributed by atoms with Gasteiger partial charge in [0, 0.05) is 43.0 Å². The van der Waals surface area contributed by atoms with Crippen molar-refractivity contribution in [2.45, 2.75) is 44.3 Å². The van der Waals surface area contributed by atoms with Crippen LogP contribution in [0.1, 0.15) is 30.6 Å². The van der Waals surface area contributed by atoms with Gasteiger partial charge in [-0.25, -0.2) is 4.98 Å². The second-order valence-corrected chi connectivity index (χ2v) is 10.2. The number of halogens is 3. The van der Waals surface area contributed by atoms with Gasteiger partial charge in [0.1, 0.15) is 10.2 Å². The van der Waals surface area contributed by atoms with E-state index in [1.807, 2.05) is 37.2 Å². The zero-order chi connectivity index (χ0) is 21.3. The highest BCUT2D eigenvalue weighted by Gasteiger charge is 2.23. The van der Waals surface area contributed by atoms with Gasteiger partial charge in [0.2, 0.25) is 5.95 Å². The lowest BCUT2D eigenvalue weighted by Gasteiger charge is -2.30. The maximum absolute atomic E-state index is 6.25. The van der Waals surface area contributed by atoms with Crippen LogP contribution in [0, 0.1) is 0 Å². The van der Waals surface area contributed by atoms with Crippen molar-refractivity contribution in [1.29, 1.82) is 0 Å². The molecule has 2 N–H and O–H groups in total. The van der Waals surface area contributed by atoms with E-state index in [2.05, 4.69) is 16.7 Å². The van der Waals surface area contributed by atoms with E-state index in [9.17, 15) is 0 Å². The molecule has 1 aromatic carbocycles. The van der Waals surface area contributed by atoms with E-state index in [0.717, 1.165) is 47.3 Å². The number of anilines is 2. The fourth-order valence-electron chi connectivity index (χ4n) is 3.85. The predicted molar refractivity (Wildman–Crippen MR) is 130 cm³/mol. The summed E-state index contributed by atoms with van der Waals surface area (Å²) >= 11 is 19.8. The van der Waals surface area contributed by atoms with E-state index in [-0.39, 0.29) is 0 Å². The molecule has 0 spiro atoms. The number of hydrogen-bond acceptors (Lipinski definition) is 6. The maximum Gasteiger partial charge on any atom is 0.225 e. The van der Waals surface area contributed by atoms with Crippen molar-refractivity contribution in [3.8, 4) is 0 Å². The van der Waals surface area contributed by atoms with E-state index >= 15 is 0 Å². The fraction of sp³-hybridized carbons (Fsp3) is 0.429. The maximum atomic E-state index is 6.25. The standard InChI is InChI=1S/C21H24Cl3N5S/c1-29(2)20-14-5-3-4-6-15(14)27-21(28-20)26-13-9-7-12(8-10-13)25-11-16-17(22)18(23)19(24)30-16/h3-6,12-13,25H,7-11H2,1-2H3,(H,26,27,28). The lowest BCUT2D eigenvalue weighted by atomic mass is 9.91. The molecule has 0 bridgehead atoms. The Labute approximate surface area is 195 Å². The summed E-state index contributed by atoms with van der Waals surface area (Å²) in [5.41, 5.74) is 0.958. The van der Waals surface area contributed by atoms with Crippen LogP contribution in [0.3, 0.4) is 0 Å². The topological polar surface area (TPSA) is 53.1 Å². The first-order chi connectivity index (χ1) is 14.4. The summed E-state index contributed by atoms with van der Waals surface area (Å²) < 4.78 is 0.554. The summed E-state index contributed by atoms with van der Waals surface area (Å²) in [4.78, 5) is 12.5. The molecule has 1 aliphatic rings. The van der Waals surface area contributed by atoms with Crippen LogP contribution < -0.4 is 15.5 Å². The summed E-state index contributed by atoms with van der Waals surface area (Å²) in [6.45, 7) is 0.693. The summed E-state index contributed by atoms with van der Waals surface area (Å²) in [6, 6.07) is 8.94. The fourth-order valence-corrected chi connectivity index (χ4v) is 5.64. The Kier molecular flexibility index (Phi) is 6.90. The molecule has 1 fully saturated rings. The van der Waals surface area contributed by atoms with Crippen molar-refractivity contribution in [2.24, 2.45) is 0 Å². The number of rotatable bonds is 6. The molecule has 160 valence electrons. The van der Waals surface area contributed by atoms with Crippen molar-refractivity contribution in [3.63, 3.8) is 0 Å². The SMILES string of the molecule is CN(C)c1nc(NC2CCC(NCc3sc(Cl)c(Cl)c3Cl)CC2)nc2ccccc12. The molecule has 0 saturated heterocycles. The highest BCUT2D eigenvalue weighted by molar-refractivity contribution is 7.17. The Morgan fingerprint density at radius 3 is 2.37 bits per heavy atom. The van der Waals surface area contributed by atoms with Crippen molar-refractivity contribution in [3.05, 3.63) is 43.5 Å². The molecule has 4 rings (SSSR count). The van der Waals surface area contributed by atoms with Gasteiger partial charge in [-0.1, -0.05) is 46.9 Å². The average Bonchev–Trinajstić information content (AvgIpc) is 2.99.